The van der Waals surface area contributed by atoms with Gasteiger partial charge in [0.15, 0.2) is 11.9 Å². The van der Waals surface area contributed by atoms with Crippen molar-refractivity contribution in [3.63, 3.8) is 0 Å². The van der Waals surface area contributed by atoms with Crippen molar-refractivity contribution in [1.29, 1.82) is 10.8 Å². The Bertz CT molecular complexity index is 1390. The second-order valence-electron chi connectivity index (χ2n) is 9.70. The number of carboxylic acids is 2. The van der Waals surface area contributed by atoms with Crippen molar-refractivity contribution in [1.82, 2.24) is 9.80 Å². The van der Waals surface area contributed by atoms with Gasteiger partial charge in [-0.15, -0.1) is 0 Å². The van der Waals surface area contributed by atoms with Crippen LogP contribution >= 0.6 is 0 Å². The van der Waals surface area contributed by atoms with E-state index in [9.17, 15) is 31.1 Å². The van der Waals surface area contributed by atoms with Gasteiger partial charge in [-0.1, -0.05) is 6.07 Å². The molecule has 2 heterocycles. The van der Waals surface area contributed by atoms with Crippen molar-refractivity contribution in [3.8, 4) is 11.5 Å². The first kappa shape index (κ1) is 37.0. The minimum absolute atomic E-state index is 0.0461. The number of carbonyl (C=O) groups is 3. The van der Waals surface area contributed by atoms with Crippen molar-refractivity contribution >= 4 is 29.8 Å². The highest BCUT2D eigenvalue weighted by atomic mass is 19.4. The van der Waals surface area contributed by atoms with Crippen LogP contribution in [0.4, 0.5) is 26.3 Å². The summed E-state index contributed by atoms with van der Waals surface area (Å²) in [5.41, 5.74) is 13.8. The van der Waals surface area contributed by atoms with Crippen LogP contribution in [0.25, 0.3) is 0 Å². The maximum Gasteiger partial charge on any atom is 0.490 e. The third-order valence-corrected chi connectivity index (χ3v) is 6.40. The number of ether oxygens (including phenoxy) is 2. The number of likely N-dealkylation sites (tertiary alicyclic amines) is 1. The summed E-state index contributed by atoms with van der Waals surface area (Å²) in [6, 6.07) is 12.5. The summed E-state index contributed by atoms with van der Waals surface area (Å²) >= 11 is 0. The number of fused-ring (bicyclic) bond motifs is 1. The Kier molecular flexibility index (Phi) is 12.6. The average Bonchev–Trinajstić information content (AvgIpc) is 2.97. The van der Waals surface area contributed by atoms with E-state index in [1.807, 2.05) is 17.0 Å². The molecule has 0 unspecified atom stereocenters. The Morgan fingerprint density at radius 3 is 1.70 bits per heavy atom. The zero-order valence-corrected chi connectivity index (χ0v) is 23.8. The molecule has 1 saturated heterocycles. The molecule has 4 rings (SSSR count). The minimum atomic E-state index is -5.08. The second kappa shape index (κ2) is 15.7. The van der Waals surface area contributed by atoms with Gasteiger partial charge in [-0.05, 0) is 53.9 Å². The number of benzene rings is 2. The number of aliphatic carboxylic acids is 2. The summed E-state index contributed by atoms with van der Waals surface area (Å²) in [5.74, 6) is -4.64. The molecule has 0 aromatic heterocycles. The van der Waals surface area contributed by atoms with Gasteiger partial charge in [-0.2, -0.15) is 26.3 Å². The van der Waals surface area contributed by atoms with Gasteiger partial charge in [0.25, 0.3) is 0 Å². The van der Waals surface area contributed by atoms with E-state index in [0.717, 1.165) is 24.8 Å². The summed E-state index contributed by atoms with van der Waals surface area (Å²) in [5, 5.41) is 29.4. The number of hydrogen-bond donors (Lipinski definition) is 6. The Labute approximate surface area is 257 Å². The molecule has 0 saturated carbocycles. The molecule has 1 fully saturated rings. The van der Waals surface area contributed by atoms with Crippen molar-refractivity contribution in [3.05, 3.63) is 59.2 Å². The van der Waals surface area contributed by atoms with E-state index in [2.05, 4.69) is 0 Å². The van der Waals surface area contributed by atoms with Gasteiger partial charge in [-0.3, -0.25) is 10.8 Å². The standard InChI is InChI=1S/C23H28N6O3.2C2HF3O2/c24-22(25)28-11-8-19(9-12-28)31-18-4-2-16(3-5-18)21(30)32-20-6-1-15-7-10-29(23(26)27)14-17(15)13-20;2*3-2(4,5)1(6)7/h1-6,13,19H,7-12,14H2,(H3,24,25)(H3,26,27);2*(H,6,7). The molecule has 0 amide bonds. The number of hydrogen-bond acceptors (Lipinski definition) is 7. The highest BCUT2D eigenvalue weighted by Crippen LogP contribution is 2.25. The summed E-state index contributed by atoms with van der Waals surface area (Å²) in [7, 11) is 0. The maximum absolute atomic E-state index is 12.6. The van der Waals surface area contributed by atoms with Crippen LogP contribution in [0.15, 0.2) is 42.5 Å². The molecule has 19 heteroatoms. The molecular formula is C27H30F6N6O7. The van der Waals surface area contributed by atoms with E-state index in [-0.39, 0.29) is 18.0 Å². The number of nitrogens with two attached hydrogens (primary N) is 2. The number of nitrogens with one attached hydrogen (secondary N) is 2. The zero-order chi connectivity index (χ0) is 34.8. The van der Waals surface area contributed by atoms with Crippen LogP contribution < -0.4 is 20.9 Å². The fourth-order valence-electron chi connectivity index (χ4n) is 4.05. The van der Waals surface area contributed by atoms with Crippen LogP contribution in [-0.4, -0.2) is 87.9 Å². The fourth-order valence-corrected chi connectivity index (χ4v) is 4.05. The highest BCUT2D eigenvalue weighted by Gasteiger charge is 2.39. The van der Waals surface area contributed by atoms with Crippen LogP contribution in [0, 0.1) is 10.8 Å². The van der Waals surface area contributed by atoms with E-state index in [1.54, 1.807) is 35.2 Å². The average molecular weight is 665 g/mol. The normalized spacial score (nSPS) is 14.7. The Balaban J connectivity index is 0.000000440. The molecule has 2 aliphatic heterocycles. The van der Waals surface area contributed by atoms with Crippen LogP contribution in [0.5, 0.6) is 11.5 Å². The molecule has 8 N–H and O–H groups in total. The van der Waals surface area contributed by atoms with Gasteiger partial charge in [0, 0.05) is 39.0 Å². The van der Waals surface area contributed by atoms with Gasteiger partial charge in [-0.25, -0.2) is 14.4 Å². The zero-order valence-electron chi connectivity index (χ0n) is 23.8. The molecule has 13 nitrogen and oxygen atoms in total. The number of piperidine rings is 1. The lowest BCUT2D eigenvalue weighted by Crippen LogP contribution is -2.44. The molecule has 0 aliphatic carbocycles. The number of alkyl halides is 6. The summed E-state index contributed by atoms with van der Waals surface area (Å²) in [4.78, 5) is 34.0. The third kappa shape index (κ3) is 11.7. The number of carbonyl (C=O) groups excluding carboxylic acids is 1. The van der Waals surface area contributed by atoms with Gasteiger partial charge >= 0.3 is 30.3 Å². The molecule has 252 valence electrons. The minimum Gasteiger partial charge on any atom is -0.490 e. The summed E-state index contributed by atoms with van der Waals surface area (Å²) in [6.45, 7) is 2.66. The number of rotatable bonds is 4. The molecule has 46 heavy (non-hydrogen) atoms. The number of carboxylic acid groups (broad SMARTS) is 2. The Hall–Kier alpha value is -5.23. The van der Waals surface area contributed by atoms with Crippen LogP contribution in [-0.2, 0) is 22.6 Å². The molecule has 0 spiro atoms. The monoisotopic (exact) mass is 664 g/mol. The van der Waals surface area contributed by atoms with Gasteiger partial charge in [0.05, 0.1) is 5.56 Å². The lowest BCUT2D eigenvalue weighted by atomic mass is 10.00. The molecular weight excluding hydrogens is 634 g/mol. The van der Waals surface area contributed by atoms with Crippen molar-refractivity contribution in [2.24, 2.45) is 11.5 Å². The molecule has 0 atom stereocenters. The Morgan fingerprint density at radius 1 is 0.761 bits per heavy atom. The van der Waals surface area contributed by atoms with E-state index in [1.165, 1.54) is 5.56 Å². The van der Waals surface area contributed by atoms with Crippen molar-refractivity contribution in [2.75, 3.05) is 19.6 Å². The highest BCUT2D eigenvalue weighted by molar-refractivity contribution is 5.91. The first-order valence-electron chi connectivity index (χ1n) is 13.2. The number of guanidine groups is 2. The molecule has 2 aliphatic rings. The first-order chi connectivity index (χ1) is 21.3. The molecule has 2 aromatic carbocycles. The molecule has 0 radical (unpaired) electrons. The lowest BCUT2D eigenvalue weighted by molar-refractivity contribution is -0.193. The van der Waals surface area contributed by atoms with E-state index >= 15 is 0 Å². The topological polar surface area (TPSA) is 216 Å². The molecule has 2 aromatic rings. The number of nitrogens with zero attached hydrogens (tertiary/aromatic N) is 2. The maximum atomic E-state index is 12.6. The predicted molar refractivity (Wildman–Crippen MR) is 148 cm³/mol. The first-order valence-corrected chi connectivity index (χ1v) is 13.2. The number of halogens is 6. The van der Waals surface area contributed by atoms with Crippen LogP contribution in [0.2, 0.25) is 0 Å². The van der Waals surface area contributed by atoms with E-state index < -0.39 is 30.3 Å². The smallest absolute Gasteiger partial charge is 0.490 e. The Morgan fingerprint density at radius 2 is 1.24 bits per heavy atom. The largest absolute Gasteiger partial charge is 0.490 e. The van der Waals surface area contributed by atoms with Crippen LogP contribution in [0.1, 0.15) is 34.3 Å². The van der Waals surface area contributed by atoms with E-state index in [0.29, 0.717) is 43.2 Å². The van der Waals surface area contributed by atoms with Crippen LogP contribution in [0.3, 0.4) is 0 Å². The van der Waals surface area contributed by atoms with Gasteiger partial charge in [0.1, 0.15) is 17.6 Å². The van der Waals surface area contributed by atoms with E-state index in [4.69, 9.17) is 51.6 Å². The SMILES string of the molecule is N=C(N)N1CCC(Oc2ccc(C(=O)Oc3ccc4c(c3)CN(C(=N)N)CC4)cc2)CC1.O=C(O)C(F)(F)F.O=C(O)C(F)(F)F. The summed E-state index contributed by atoms with van der Waals surface area (Å²) < 4.78 is 75.0. The quantitative estimate of drug-likeness (QED) is 0.0917. The fraction of sp³-hybridized carbons (Fsp3) is 0.370. The van der Waals surface area contributed by atoms with Gasteiger partial charge < -0.3 is 41.0 Å². The lowest BCUT2D eigenvalue weighted by Gasteiger charge is -2.32. The predicted octanol–water partition coefficient (Wildman–Crippen LogP) is 3.16. The summed E-state index contributed by atoms with van der Waals surface area (Å²) in [6.07, 6.45) is -7.71. The van der Waals surface area contributed by atoms with Gasteiger partial charge in [0.2, 0.25) is 0 Å². The second-order valence-corrected chi connectivity index (χ2v) is 9.70. The van der Waals surface area contributed by atoms with Crippen molar-refractivity contribution < 1.29 is 60.4 Å². The third-order valence-electron chi connectivity index (χ3n) is 6.40. The molecule has 0 bridgehead atoms. The number of esters is 1. The van der Waals surface area contributed by atoms with Crippen molar-refractivity contribution in [2.45, 2.75) is 44.3 Å².